The van der Waals surface area contributed by atoms with Gasteiger partial charge >= 0.3 is 5.97 Å². The highest BCUT2D eigenvalue weighted by Crippen LogP contribution is 2.39. The van der Waals surface area contributed by atoms with Crippen LogP contribution >= 0.6 is 0 Å². The largest absolute Gasteiger partial charge is 0.459 e. The quantitative estimate of drug-likeness (QED) is 0.728. The molecule has 1 aliphatic rings. The Balaban J connectivity index is 2.69. The Bertz CT molecular complexity index is 256. The Kier molecular flexibility index (Phi) is 4.99. The van der Waals surface area contributed by atoms with Gasteiger partial charge in [-0.05, 0) is 51.9 Å². The van der Waals surface area contributed by atoms with Gasteiger partial charge in [-0.15, -0.1) is 0 Å². The van der Waals surface area contributed by atoms with Crippen LogP contribution in [0.1, 0.15) is 65.7 Å². The maximum atomic E-state index is 12.3. The molecular weight excluding hydrogens is 216 g/mol. The number of rotatable bonds is 6. The van der Waals surface area contributed by atoms with Crippen LogP contribution in [0.3, 0.4) is 0 Å². The maximum Gasteiger partial charge on any atom is 0.312 e. The Morgan fingerprint density at radius 3 is 2.35 bits per heavy atom. The topological polar surface area (TPSA) is 46.5 Å². The minimum absolute atomic E-state index is 0.0402. The fourth-order valence-corrected chi connectivity index (χ4v) is 2.54. The molecule has 1 rings (SSSR count). The number of esters is 1. The van der Waals surface area contributed by atoms with Crippen LogP contribution in [-0.4, -0.2) is 23.3 Å². The van der Waals surface area contributed by atoms with Gasteiger partial charge in [0, 0.05) is 6.61 Å². The van der Waals surface area contributed by atoms with E-state index < -0.39 is 5.41 Å². The third kappa shape index (κ3) is 3.21. The monoisotopic (exact) mass is 242 g/mol. The molecule has 0 bridgehead atoms. The maximum absolute atomic E-state index is 12.3. The van der Waals surface area contributed by atoms with E-state index >= 15 is 0 Å². The van der Waals surface area contributed by atoms with E-state index in [4.69, 9.17) is 9.84 Å². The molecule has 1 atom stereocenters. The molecule has 0 aromatic rings. The van der Waals surface area contributed by atoms with E-state index in [0.717, 1.165) is 32.1 Å². The van der Waals surface area contributed by atoms with Gasteiger partial charge in [-0.2, -0.15) is 0 Å². The second-order valence-corrected chi connectivity index (χ2v) is 5.52. The van der Waals surface area contributed by atoms with Crippen molar-refractivity contribution in [3.8, 4) is 0 Å². The van der Waals surface area contributed by atoms with Gasteiger partial charge in [0.2, 0.25) is 0 Å². The van der Waals surface area contributed by atoms with Gasteiger partial charge in [-0.25, -0.2) is 0 Å². The Labute approximate surface area is 105 Å². The summed E-state index contributed by atoms with van der Waals surface area (Å²) in [6.45, 7) is 6.00. The lowest BCUT2D eigenvalue weighted by Gasteiger charge is -2.33. The first-order valence-electron chi connectivity index (χ1n) is 6.86. The highest BCUT2D eigenvalue weighted by molar-refractivity contribution is 5.76. The van der Waals surface area contributed by atoms with Gasteiger partial charge in [0.1, 0.15) is 5.60 Å². The number of aliphatic hydroxyl groups excluding tert-OH is 1. The van der Waals surface area contributed by atoms with Crippen LogP contribution in [0.25, 0.3) is 0 Å². The molecule has 3 nitrogen and oxygen atoms in total. The molecule has 0 amide bonds. The van der Waals surface area contributed by atoms with Crippen LogP contribution in [0.2, 0.25) is 0 Å². The summed E-state index contributed by atoms with van der Waals surface area (Å²) in [5.74, 6) is -0.127. The van der Waals surface area contributed by atoms with Gasteiger partial charge in [-0.3, -0.25) is 4.79 Å². The van der Waals surface area contributed by atoms with E-state index in [0.29, 0.717) is 12.8 Å². The Morgan fingerprint density at radius 1 is 1.35 bits per heavy atom. The van der Waals surface area contributed by atoms with Gasteiger partial charge in [0.15, 0.2) is 0 Å². The molecule has 1 unspecified atom stereocenters. The van der Waals surface area contributed by atoms with E-state index in [-0.39, 0.29) is 18.2 Å². The summed E-state index contributed by atoms with van der Waals surface area (Å²) in [4.78, 5) is 12.3. The van der Waals surface area contributed by atoms with Crippen LogP contribution in [0.4, 0.5) is 0 Å². The van der Waals surface area contributed by atoms with Gasteiger partial charge < -0.3 is 9.84 Å². The molecule has 1 fully saturated rings. The molecule has 17 heavy (non-hydrogen) atoms. The summed E-state index contributed by atoms with van der Waals surface area (Å²) in [5, 5.41) is 9.06. The van der Waals surface area contributed by atoms with Crippen molar-refractivity contribution in [3.05, 3.63) is 0 Å². The standard InChI is InChI=1S/C14H26O3/c1-4-13(3,10-11-15)12(16)17-14(5-2)8-6-7-9-14/h15H,4-11H2,1-3H3. The minimum atomic E-state index is -0.528. The zero-order valence-corrected chi connectivity index (χ0v) is 11.4. The van der Waals surface area contributed by atoms with Crippen molar-refractivity contribution >= 4 is 5.97 Å². The molecule has 1 aliphatic carbocycles. The molecule has 1 saturated carbocycles. The molecule has 0 heterocycles. The SMILES string of the molecule is CCC1(OC(=O)C(C)(CC)CCO)CCCC1. The van der Waals surface area contributed by atoms with Gasteiger partial charge in [0.25, 0.3) is 0 Å². The molecule has 0 aromatic carbocycles. The lowest BCUT2D eigenvalue weighted by Crippen LogP contribution is -2.39. The molecule has 0 spiro atoms. The average molecular weight is 242 g/mol. The summed E-state index contributed by atoms with van der Waals surface area (Å²) in [6.07, 6.45) is 6.40. The predicted molar refractivity (Wildman–Crippen MR) is 67.7 cm³/mol. The number of hydrogen-bond donors (Lipinski definition) is 1. The first kappa shape index (κ1) is 14.5. The third-order valence-corrected chi connectivity index (χ3v) is 4.41. The number of aliphatic hydroxyl groups is 1. The first-order valence-corrected chi connectivity index (χ1v) is 6.86. The highest BCUT2D eigenvalue weighted by Gasteiger charge is 2.41. The van der Waals surface area contributed by atoms with E-state index in [1.807, 2.05) is 13.8 Å². The number of carbonyl (C=O) groups is 1. The molecule has 3 heteroatoms. The second-order valence-electron chi connectivity index (χ2n) is 5.52. The molecule has 1 N–H and O–H groups in total. The van der Waals surface area contributed by atoms with Crippen molar-refractivity contribution in [1.82, 2.24) is 0 Å². The first-order chi connectivity index (χ1) is 8.02. The summed E-state index contributed by atoms with van der Waals surface area (Å²) in [7, 11) is 0. The normalized spacial score (nSPS) is 22.1. The van der Waals surface area contributed by atoms with Crippen LogP contribution in [0.5, 0.6) is 0 Å². The molecule has 100 valence electrons. The van der Waals surface area contributed by atoms with E-state index in [1.54, 1.807) is 0 Å². The van der Waals surface area contributed by atoms with Crippen LogP contribution in [0.15, 0.2) is 0 Å². The number of carbonyl (C=O) groups excluding carboxylic acids is 1. The van der Waals surface area contributed by atoms with Crippen LogP contribution < -0.4 is 0 Å². The smallest absolute Gasteiger partial charge is 0.312 e. The fraction of sp³-hybridized carbons (Fsp3) is 0.929. The van der Waals surface area contributed by atoms with Crippen molar-refractivity contribution in [2.45, 2.75) is 71.3 Å². The molecule has 0 radical (unpaired) electrons. The lowest BCUT2D eigenvalue weighted by molar-refractivity contribution is -0.172. The van der Waals surface area contributed by atoms with Crippen LogP contribution in [-0.2, 0) is 9.53 Å². The van der Waals surface area contributed by atoms with E-state index in [2.05, 4.69) is 6.92 Å². The van der Waals surface area contributed by atoms with Crippen molar-refractivity contribution in [2.24, 2.45) is 5.41 Å². The summed E-state index contributed by atoms with van der Waals surface area (Å²) in [5.41, 5.74) is -0.748. The molecular formula is C14H26O3. The highest BCUT2D eigenvalue weighted by atomic mass is 16.6. The Hall–Kier alpha value is -0.570. The van der Waals surface area contributed by atoms with E-state index in [9.17, 15) is 4.79 Å². The van der Waals surface area contributed by atoms with Gasteiger partial charge in [0.05, 0.1) is 5.41 Å². The zero-order valence-electron chi connectivity index (χ0n) is 11.4. The number of ether oxygens (including phenoxy) is 1. The summed E-state index contributed by atoms with van der Waals surface area (Å²) < 4.78 is 5.81. The second kappa shape index (κ2) is 5.85. The van der Waals surface area contributed by atoms with Gasteiger partial charge in [-0.1, -0.05) is 13.8 Å². The number of hydrogen-bond acceptors (Lipinski definition) is 3. The molecule has 0 aromatic heterocycles. The van der Waals surface area contributed by atoms with Crippen LogP contribution in [0, 0.1) is 5.41 Å². The predicted octanol–water partition coefficient (Wildman–Crippen LogP) is 3.05. The van der Waals surface area contributed by atoms with Crippen molar-refractivity contribution < 1.29 is 14.6 Å². The fourth-order valence-electron chi connectivity index (χ4n) is 2.54. The summed E-state index contributed by atoms with van der Waals surface area (Å²) >= 11 is 0. The summed E-state index contributed by atoms with van der Waals surface area (Å²) in [6, 6.07) is 0. The minimum Gasteiger partial charge on any atom is -0.459 e. The van der Waals surface area contributed by atoms with E-state index in [1.165, 1.54) is 0 Å². The average Bonchev–Trinajstić information content (AvgIpc) is 2.78. The molecule has 0 saturated heterocycles. The lowest BCUT2D eigenvalue weighted by atomic mass is 9.84. The molecule has 0 aliphatic heterocycles. The zero-order chi connectivity index (χ0) is 12.9. The van der Waals surface area contributed by atoms with Crippen molar-refractivity contribution in [2.75, 3.05) is 6.61 Å². The van der Waals surface area contributed by atoms with Crippen molar-refractivity contribution in [1.29, 1.82) is 0 Å². The van der Waals surface area contributed by atoms with Crippen molar-refractivity contribution in [3.63, 3.8) is 0 Å². The Morgan fingerprint density at radius 2 is 1.94 bits per heavy atom. The third-order valence-electron chi connectivity index (χ3n) is 4.41.